The molecule has 1 atom stereocenters. The average molecular weight is 383 g/mol. The summed E-state index contributed by atoms with van der Waals surface area (Å²) in [6.45, 7) is -0.337. The summed E-state index contributed by atoms with van der Waals surface area (Å²) in [6.07, 6.45) is 0. The molecule has 1 N–H and O–H groups in total. The predicted molar refractivity (Wildman–Crippen MR) is 97.4 cm³/mol. The van der Waals surface area contributed by atoms with E-state index in [1.54, 1.807) is 30.1 Å². The topological polar surface area (TPSA) is 41.6 Å². The molecule has 140 valence electrons. The lowest BCUT2D eigenvalue weighted by atomic mass is 10.1. The molecule has 0 spiro atoms. The third-order valence-electron chi connectivity index (χ3n) is 3.90. The van der Waals surface area contributed by atoms with Crippen LogP contribution in [0.1, 0.15) is 24.1 Å². The number of rotatable bonds is 8. The molecular formula is C19H21ClF2N2O2. The highest BCUT2D eigenvalue weighted by atomic mass is 35.5. The van der Waals surface area contributed by atoms with Gasteiger partial charge < -0.3 is 15.0 Å². The number of nitrogens with one attached hydrogen (secondary N) is 1. The van der Waals surface area contributed by atoms with Gasteiger partial charge in [-0.2, -0.15) is 8.78 Å². The lowest BCUT2D eigenvalue weighted by molar-refractivity contribution is -0.129. The van der Waals surface area contributed by atoms with E-state index in [0.29, 0.717) is 11.6 Å². The van der Waals surface area contributed by atoms with Crippen LogP contribution in [0.5, 0.6) is 5.75 Å². The molecule has 1 unspecified atom stereocenters. The molecule has 0 saturated heterocycles. The Morgan fingerprint density at radius 2 is 1.92 bits per heavy atom. The number of benzene rings is 2. The number of nitrogens with zero attached hydrogens (tertiary/aromatic N) is 1. The van der Waals surface area contributed by atoms with Gasteiger partial charge in [-0.05, 0) is 42.3 Å². The molecule has 0 radical (unpaired) electrons. The van der Waals surface area contributed by atoms with Crippen molar-refractivity contribution in [3.05, 3.63) is 64.7 Å². The smallest absolute Gasteiger partial charge is 0.387 e. The minimum absolute atomic E-state index is 0.0168. The summed E-state index contributed by atoms with van der Waals surface area (Å²) in [7, 11) is 1.69. The maximum Gasteiger partial charge on any atom is 0.387 e. The third-order valence-corrected chi connectivity index (χ3v) is 4.14. The molecule has 0 aromatic heterocycles. The van der Waals surface area contributed by atoms with Crippen LogP contribution in [-0.2, 0) is 11.3 Å². The largest absolute Gasteiger partial charge is 0.435 e. The second-order valence-electron chi connectivity index (χ2n) is 5.93. The van der Waals surface area contributed by atoms with Crippen LogP contribution in [-0.4, -0.2) is 31.0 Å². The number of hydrogen-bond acceptors (Lipinski definition) is 3. The van der Waals surface area contributed by atoms with Crippen LogP contribution in [0.2, 0.25) is 5.02 Å². The molecule has 0 heterocycles. The Kier molecular flexibility index (Phi) is 7.36. The van der Waals surface area contributed by atoms with Crippen LogP contribution >= 0.6 is 11.6 Å². The van der Waals surface area contributed by atoms with Crippen molar-refractivity contribution in [3.63, 3.8) is 0 Å². The zero-order valence-electron chi connectivity index (χ0n) is 14.6. The van der Waals surface area contributed by atoms with E-state index in [-0.39, 0.29) is 24.2 Å². The maximum absolute atomic E-state index is 12.3. The van der Waals surface area contributed by atoms with E-state index in [0.717, 1.165) is 11.1 Å². The molecule has 2 aromatic carbocycles. The van der Waals surface area contributed by atoms with Crippen LogP contribution < -0.4 is 10.1 Å². The molecule has 26 heavy (non-hydrogen) atoms. The first-order valence-corrected chi connectivity index (χ1v) is 8.49. The van der Waals surface area contributed by atoms with Crippen LogP contribution in [0.3, 0.4) is 0 Å². The minimum Gasteiger partial charge on any atom is -0.435 e. The number of likely N-dealkylation sites (N-methyl/N-ethyl adjacent to an activating group) is 1. The summed E-state index contributed by atoms with van der Waals surface area (Å²) < 4.78 is 28.6. The fourth-order valence-corrected chi connectivity index (χ4v) is 2.61. The molecule has 7 heteroatoms. The van der Waals surface area contributed by atoms with Gasteiger partial charge >= 0.3 is 6.61 Å². The fraction of sp³-hybridized carbons (Fsp3) is 0.316. The third kappa shape index (κ3) is 6.28. The van der Waals surface area contributed by atoms with Crippen molar-refractivity contribution < 1.29 is 18.3 Å². The van der Waals surface area contributed by atoms with E-state index in [4.69, 9.17) is 11.6 Å². The van der Waals surface area contributed by atoms with Gasteiger partial charge in [0.05, 0.1) is 6.54 Å². The minimum atomic E-state index is -2.85. The number of ether oxygens (including phenoxy) is 1. The van der Waals surface area contributed by atoms with E-state index < -0.39 is 6.61 Å². The normalized spacial score (nSPS) is 12.1. The van der Waals surface area contributed by atoms with Crippen molar-refractivity contribution in [2.75, 3.05) is 13.6 Å². The lowest BCUT2D eigenvalue weighted by Gasteiger charge is -2.20. The van der Waals surface area contributed by atoms with Gasteiger partial charge in [-0.1, -0.05) is 35.9 Å². The Hall–Kier alpha value is -2.18. The number of amides is 1. The van der Waals surface area contributed by atoms with Gasteiger partial charge in [0.2, 0.25) is 5.91 Å². The summed E-state index contributed by atoms with van der Waals surface area (Å²) in [5.74, 6) is 0.0153. The molecule has 4 nitrogen and oxygen atoms in total. The van der Waals surface area contributed by atoms with E-state index >= 15 is 0 Å². The molecular weight excluding hydrogens is 362 g/mol. The fourth-order valence-electron chi connectivity index (χ4n) is 2.41. The van der Waals surface area contributed by atoms with Gasteiger partial charge in [0, 0.05) is 24.7 Å². The summed E-state index contributed by atoms with van der Waals surface area (Å²) in [4.78, 5) is 13.8. The van der Waals surface area contributed by atoms with Gasteiger partial charge in [-0.25, -0.2) is 0 Å². The van der Waals surface area contributed by atoms with Gasteiger partial charge in [0.25, 0.3) is 0 Å². The molecule has 0 aliphatic heterocycles. The van der Waals surface area contributed by atoms with Crippen molar-refractivity contribution in [1.29, 1.82) is 0 Å². The van der Waals surface area contributed by atoms with Crippen molar-refractivity contribution in [2.24, 2.45) is 0 Å². The average Bonchev–Trinajstić information content (AvgIpc) is 2.60. The summed E-state index contributed by atoms with van der Waals surface area (Å²) in [5.41, 5.74) is 1.83. The molecule has 2 rings (SSSR count). The van der Waals surface area contributed by atoms with Gasteiger partial charge in [0.1, 0.15) is 5.75 Å². The quantitative estimate of drug-likeness (QED) is 0.742. The van der Waals surface area contributed by atoms with Crippen LogP contribution in [0, 0.1) is 0 Å². The van der Waals surface area contributed by atoms with E-state index in [2.05, 4.69) is 10.1 Å². The number of halogens is 3. The number of hydrogen-bond donors (Lipinski definition) is 1. The van der Waals surface area contributed by atoms with Gasteiger partial charge in [0.15, 0.2) is 0 Å². The Bertz CT molecular complexity index is 726. The number of carbonyl (C=O) groups is 1. The monoisotopic (exact) mass is 382 g/mol. The lowest BCUT2D eigenvalue weighted by Crippen LogP contribution is -2.36. The highest BCUT2D eigenvalue weighted by Crippen LogP contribution is 2.18. The summed E-state index contributed by atoms with van der Waals surface area (Å²) in [6, 6.07) is 13.7. The first kappa shape index (κ1) is 20.1. The van der Waals surface area contributed by atoms with E-state index in [1.165, 1.54) is 12.1 Å². The molecule has 0 aliphatic carbocycles. The second-order valence-corrected chi connectivity index (χ2v) is 6.37. The van der Waals surface area contributed by atoms with Crippen LogP contribution in [0.4, 0.5) is 8.78 Å². The first-order chi connectivity index (χ1) is 12.3. The maximum atomic E-state index is 12.3. The standard InChI is InChI=1S/C19H21ClF2N2O2/c1-13(15-4-3-5-16(20)10-15)23-11-18(25)24(2)12-14-6-8-17(9-7-14)26-19(21)22/h3-10,13,19,23H,11-12H2,1-2H3. The predicted octanol–water partition coefficient (Wildman–Crippen LogP) is 4.25. The summed E-state index contributed by atoms with van der Waals surface area (Å²) in [5, 5.41) is 3.82. The highest BCUT2D eigenvalue weighted by molar-refractivity contribution is 6.30. The summed E-state index contributed by atoms with van der Waals surface area (Å²) >= 11 is 5.98. The van der Waals surface area contributed by atoms with Crippen LogP contribution in [0.25, 0.3) is 0 Å². The van der Waals surface area contributed by atoms with Crippen molar-refractivity contribution in [3.8, 4) is 5.75 Å². The molecule has 2 aromatic rings. The number of alkyl halides is 2. The zero-order valence-corrected chi connectivity index (χ0v) is 15.3. The Morgan fingerprint density at radius 3 is 2.54 bits per heavy atom. The molecule has 0 aliphatic rings. The SMILES string of the molecule is CC(NCC(=O)N(C)Cc1ccc(OC(F)F)cc1)c1cccc(Cl)c1. The number of carbonyl (C=O) groups excluding carboxylic acids is 1. The Labute approximate surface area is 156 Å². The first-order valence-electron chi connectivity index (χ1n) is 8.11. The van der Waals surface area contributed by atoms with Crippen LogP contribution in [0.15, 0.2) is 48.5 Å². The van der Waals surface area contributed by atoms with E-state index in [1.807, 2.05) is 25.1 Å². The molecule has 1 amide bonds. The molecule has 0 saturated carbocycles. The molecule has 0 bridgehead atoms. The van der Waals surface area contributed by atoms with Gasteiger partial charge in [-0.3, -0.25) is 4.79 Å². The van der Waals surface area contributed by atoms with Crippen molar-refractivity contribution in [2.45, 2.75) is 26.1 Å². The van der Waals surface area contributed by atoms with Gasteiger partial charge in [-0.15, -0.1) is 0 Å². The highest BCUT2D eigenvalue weighted by Gasteiger charge is 2.12. The van der Waals surface area contributed by atoms with Crippen molar-refractivity contribution in [1.82, 2.24) is 10.2 Å². The second kappa shape index (κ2) is 9.50. The Balaban J connectivity index is 1.83. The van der Waals surface area contributed by atoms with E-state index in [9.17, 15) is 13.6 Å². The van der Waals surface area contributed by atoms with Crippen molar-refractivity contribution >= 4 is 17.5 Å². The Morgan fingerprint density at radius 1 is 1.23 bits per heavy atom. The zero-order chi connectivity index (χ0) is 19.1. The molecule has 0 fully saturated rings.